The summed E-state index contributed by atoms with van der Waals surface area (Å²) in [5, 5.41) is 11.7. The zero-order chi connectivity index (χ0) is 24.4. The molecule has 2 fully saturated rings. The molecule has 10 heteroatoms. The van der Waals surface area contributed by atoms with Crippen molar-refractivity contribution in [3.05, 3.63) is 17.7 Å². The molecule has 0 saturated heterocycles. The van der Waals surface area contributed by atoms with Gasteiger partial charge in [0.2, 0.25) is 5.91 Å². The van der Waals surface area contributed by atoms with Gasteiger partial charge in [0, 0.05) is 38.9 Å². The van der Waals surface area contributed by atoms with Crippen molar-refractivity contribution in [1.82, 2.24) is 14.9 Å². The van der Waals surface area contributed by atoms with E-state index in [0.717, 1.165) is 31.7 Å². The predicted octanol–water partition coefficient (Wildman–Crippen LogP) is 3.76. The minimum Gasteiger partial charge on any atom is -0.487 e. The van der Waals surface area contributed by atoms with E-state index in [4.69, 9.17) is 19.5 Å². The molecule has 184 valence electrons. The molecule has 4 rings (SSSR count). The number of halogens is 2. The highest BCUT2D eigenvalue weighted by atomic mass is 19.1. The van der Waals surface area contributed by atoms with Crippen LogP contribution < -0.4 is 14.8 Å². The van der Waals surface area contributed by atoms with Crippen molar-refractivity contribution in [2.75, 3.05) is 6.61 Å². The highest BCUT2D eigenvalue weighted by Gasteiger charge is 2.33. The number of hydrogen-bond donors (Lipinski definition) is 1. The van der Waals surface area contributed by atoms with Gasteiger partial charge < -0.3 is 19.5 Å². The molecule has 1 heterocycles. The van der Waals surface area contributed by atoms with E-state index in [9.17, 15) is 9.18 Å². The van der Waals surface area contributed by atoms with Gasteiger partial charge in [-0.3, -0.25) is 9.36 Å². The Morgan fingerprint density at radius 1 is 1.24 bits per heavy atom. The number of aryl methyl sites for hydroxylation is 1. The third-order valence-electron chi connectivity index (χ3n) is 6.46. The van der Waals surface area contributed by atoms with Crippen LogP contribution in [0.2, 0.25) is 0 Å². The molecule has 2 aliphatic rings. The summed E-state index contributed by atoms with van der Waals surface area (Å²) in [5.41, 5.74) is -0.111. The summed E-state index contributed by atoms with van der Waals surface area (Å²) in [6.45, 7) is 3.82. The molecule has 8 nitrogen and oxygen atoms in total. The molecule has 0 spiro atoms. The molecule has 2 aromatic rings. The molecule has 0 bridgehead atoms. The van der Waals surface area contributed by atoms with E-state index in [1.54, 1.807) is 7.05 Å². The Labute approximate surface area is 197 Å². The lowest BCUT2D eigenvalue weighted by Crippen LogP contribution is -2.37. The number of nitrogens with one attached hydrogen (secondary N) is 1. The summed E-state index contributed by atoms with van der Waals surface area (Å²) < 4.78 is 48.8. The molecule has 2 saturated carbocycles. The Balaban J connectivity index is 1.37. The molecule has 0 aliphatic heterocycles. The maximum absolute atomic E-state index is 15.2. The Bertz CT molecular complexity index is 1090. The van der Waals surface area contributed by atoms with Crippen molar-refractivity contribution in [2.45, 2.75) is 76.7 Å². The number of carbonyl (C=O) groups excluding carboxylic acids is 1. The van der Waals surface area contributed by atoms with Gasteiger partial charge in [-0.05, 0) is 32.6 Å². The molecule has 1 aromatic carbocycles. The van der Waals surface area contributed by atoms with Crippen LogP contribution in [0.5, 0.6) is 11.8 Å². The van der Waals surface area contributed by atoms with Crippen molar-refractivity contribution in [2.24, 2.45) is 13.0 Å². The topological polar surface area (TPSA) is 98.4 Å². The highest BCUT2D eigenvalue weighted by Crippen LogP contribution is 2.36. The number of aromatic nitrogens is 2. The monoisotopic (exact) mass is 476 g/mol. The van der Waals surface area contributed by atoms with Crippen molar-refractivity contribution >= 4 is 16.9 Å². The first-order valence-corrected chi connectivity index (χ1v) is 11.7. The lowest BCUT2D eigenvalue weighted by Gasteiger charge is -2.31. The van der Waals surface area contributed by atoms with Gasteiger partial charge in [0.05, 0.1) is 24.7 Å². The average molecular weight is 477 g/mol. The van der Waals surface area contributed by atoms with Gasteiger partial charge >= 0.3 is 0 Å². The zero-order valence-electron chi connectivity index (χ0n) is 19.6. The smallest absolute Gasteiger partial charge is 0.297 e. The van der Waals surface area contributed by atoms with Crippen LogP contribution in [0.25, 0.3) is 11.0 Å². The lowest BCUT2D eigenvalue weighted by molar-refractivity contribution is -0.120. The average Bonchev–Trinajstić information content (AvgIpc) is 3.09. The number of rotatable bonds is 8. The molecule has 1 aromatic heterocycles. The summed E-state index contributed by atoms with van der Waals surface area (Å²) in [6.07, 6.45) is 3.69. The minimum absolute atomic E-state index is 0.00913. The number of fused-ring (bicyclic) bond motifs is 1. The zero-order valence-corrected chi connectivity index (χ0v) is 19.6. The van der Waals surface area contributed by atoms with Crippen LogP contribution in [0, 0.1) is 28.9 Å². The minimum atomic E-state index is -0.688. The predicted molar refractivity (Wildman–Crippen MR) is 119 cm³/mol. The number of benzene rings is 1. The molecular weight excluding hydrogens is 446 g/mol. The number of amides is 1. The van der Waals surface area contributed by atoms with E-state index >= 15 is 4.39 Å². The fraction of sp³-hybridized carbons (Fsp3) is 0.625. The van der Waals surface area contributed by atoms with E-state index in [0.29, 0.717) is 19.4 Å². The first kappa shape index (κ1) is 24.2. The summed E-state index contributed by atoms with van der Waals surface area (Å²) in [6, 6.07) is 3.26. The van der Waals surface area contributed by atoms with Crippen molar-refractivity contribution in [3.8, 4) is 17.8 Å². The van der Waals surface area contributed by atoms with Crippen LogP contribution in [0.15, 0.2) is 6.07 Å². The van der Waals surface area contributed by atoms with Gasteiger partial charge in [0.15, 0.2) is 17.4 Å². The van der Waals surface area contributed by atoms with Crippen molar-refractivity contribution in [3.63, 3.8) is 0 Å². The molecule has 2 aliphatic carbocycles. The molecular formula is C24H30F2N4O4. The third kappa shape index (κ3) is 5.25. The van der Waals surface area contributed by atoms with Gasteiger partial charge in [0.25, 0.3) is 6.01 Å². The van der Waals surface area contributed by atoms with Gasteiger partial charge in [-0.25, -0.2) is 8.78 Å². The van der Waals surface area contributed by atoms with E-state index in [1.165, 1.54) is 11.5 Å². The first-order chi connectivity index (χ1) is 16.2. The van der Waals surface area contributed by atoms with Crippen LogP contribution in [-0.4, -0.2) is 46.4 Å². The SMILES string of the molecule is CC(=O)N[C@@H](C)CO[C@H]1CC[C@H](Oc2nc3c(F)cc(OC4CC(C#N)C4)c(F)c3n2C)CC1. The number of nitrogens with zero attached hydrogens (tertiary/aromatic N) is 3. The van der Waals surface area contributed by atoms with E-state index < -0.39 is 11.6 Å². The summed E-state index contributed by atoms with van der Waals surface area (Å²) >= 11 is 0. The Morgan fingerprint density at radius 3 is 2.56 bits per heavy atom. The van der Waals surface area contributed by atoms with Gasteiger partial charge in [0.1, 0.15) is 23.2 Å². The van der Waals surface area contributed by atoms with Gasteiger partial charge in [-0.15, -0.1) is 0 Å². The summed E-state index contributed by atoms with van der Waals surface area (Å²) in [5.74, 6) is -1.73. The number of carbonyl (C=O) groups is 1. The van der Waals surface area contributed by atoms with Crippen LogP contribution >= 0.6 is 0 Å². The molecule has 1 atom stereocenters. The van der Waals surface area contributed by atoms with Crippen molar-refractivity contribution < 1.29 is 27.8 Å². The maximum Gasteiger partial charge on any atom is 0.297 e. The third-order valence-corrected chi connectivity index (χ3v) is 6.46. The number of hydrogen-bond acceptors (Lipinski definition) is 6. The quantitative estimate of drug-likeness (QED) is 0.623. The van der Waals surface area contributed by atoms with E-state index in [-0.39, 0.29) is 59.0 Å². The fourth-order valence-electron chi connectivity index (χ4n) is 4.53. The maximum atomic E-state index is 15.2. The highest BCUT2D eigenvalue weighted by molar-refractivity contribution is 5.80. The van der Waals surface area contributed by atoms with Crippen LogP contribution in [-0.2, 0) is 16.6 Å². The summed E-state index contributed by atoms with van der Waals surface area (Å²) in [4.78, 5) is 15.3. The van der Waals surface area contributed by atoms with E-state index in [2.05, 4.69) is 16.4 Å². The first-order valence-electron chi connectivity index (χ1n) is 11.7. The second-order valence-electron chi connectivity index (χ2n) is 9.31. The Kier molecular flexibility index (Phi) is 7.22. The molecule has 34 heavy (non-hydrogen) atoms. The molecule has 1 amide bonds. The van der Waals surface area contributed by atoms with Crippen LogP contribution in [0.1, 0.15) is 52.4 Å². The second kappa shape index (κ2) is 10.1. The fourth-order valence-corrected chi connectivity index (χ4v) is 4.53. The largest absolute Gasteiger partial charge is 0.487 e. The molecule has 0 unspecified atom stereocenters. The number of imidazole rings is 1. The van der Waals surface area contributed by atoms with Gasteiger partial charge in [-0.1, -0.05) is 0 Å². The Morgan fingerprint density at radius 2 is 1.91 bits per heavy atom. The van der Waals surface area contributed by atoms with Crippen LogP contribution in [0.3, 0.4) is 0 Å². The van der Waals surface area contributed by atoms with E-state index in [1.807, 2.05) is 6.92 Å². The standard InChI is InChI=1S/C24H30F2N4O4/c1-13(28-14(2)31)12-32-16-4-6-17(7-5-16)34-24-29-22-19(25)10-20(21(26)23(22)30(24)3)33-18-8-15(9-18)11-27/h10,13,15-18H,4-9,12H2,1-3H3,(H,28,31)/t13-,15?,16-,17-,18?/m0/s1. The molecule has 0 radical (unpaired) electrons. The normalized spacial score (nSPS) is 25.3. The number of ether oxygens (including phenoxy) is 3. The lowest BCUT2D eigenvalue weighted by atomic mass is 9.83. The van der Waals surface area contributed by atoms with Crippen LogP contribution in [0.4, 0.5) is 8.78 Å². The second-order valence-corrected chi connectivity index (χ2v) is 9.31. The van der Waals surface area contributed by atoms with Gasteiger partial charge in [-0.2, -0.15) is 10.2 Å². The number of nitriles is 1. The molecule has 1 N–H and O–H groups in total. The Hall–Kier alpha value is -2.93. The summed E-state index contributed by atoms with van der Waals surface area (Å²) in [7, 11) is 1.59. The van der Waals surface area contributed by atoms with Crippen molar-refractivity contribution in [1.29, 1.82) is 5.26 Å².